The highest BCUT2D eigenvalue weighted by molar-refractivity contribution is 5.97. The van der Waals surface area contributed by atoms with Gasteiger partial charge in [-0.05, 0) is 54.8 Å². The lowest BCUT2D eigenvalue weighted by Crippen LogP contribution is -2.40. The van der Waals surface area contributed by atoms with Crippen LogP contribution in [0.4, 0.5) is 18.9 Å². The van der Waals surface area contributed by atoms with Crippen molar-refractivity contribution in [2.75, 3.05) is 32.1 Å². The van der Waals surface area contributed by atoms with Gasteiger partial charge < -0.3 is 15.0 Å². The molecule has 2 aromatic rings. The number of nitrogens with zero attached hydrogens (tertiary/aromatic N) is 1. The molecule has 2 unspecified atom stereocenters. The summed E-state index contributed by atoms with van der Waals surface area (Å²) in [7, 11) is 3.30. The number of benzene rings is 2. The summed E-state index contributed by atoms with van der Waals surface area (Å²) in [5, 5.41) is 2.97. The van der Waals surface area contributed by atoms with E-state index < -0.39 is 17.7 Å². The van der Waals surface area contributed by atoms with Crippen LogP contribution in [0.25, 0.3) is 0 Å². The zero-order valence-electron chi connectivity index (χ0n) is 16.7. The van der Waals surface area contributed by atoms with E-state index in [9.17, 15) is 18.0 Å². The maximum atomic E-state index is 13.8. The van der Waals surface area contributed by atoms with Crippen molar-refractivity contribution in [2.45, 2.75) is 25.4 Å². The van der Waals surface area contributed by atoms with Crippen LogP contribution in [0.15, 0.2) is 42.5 Å². The minimum Gasteiger partial charge on any atom is -0.497 e. The van der Waals surface area contributed by atoms with Gasteiger partial charge in [0.2, 0.25) is 5.91 Å². The number of rotatable bonds is 5. The molecular formula is C22H25F3N2O2. The van der Waals surface area contributed by atoms with Crippen molar-refractivity contribution in [1.29, 1.82) is 0 Å². The van der Waals surface area contributed by atoms with Gasteiger partial charge in [-0.2, -0.15) is 13.2 Å². The molecule has 1 heterocycles. The maximum Gasteiger partial charge on any atom is 0.416 e. The predicted molar refractivity (Wildman–Crippen MR) is 106 cm³/mol. The van der Waals surface area contributed by atoms with Gasteiger partial charge in [0.15, 0.2) is 0 Å². The largest absolute Gasteiger partial charge is 0.497 e. The fraction of sp³-hybridized carbons (Fsp3) is 0.409. The number of carbonyl (C=O) groups excluding carboxylic acids is 1. The Morgan fingerprint density at radius 2 is 1.86 bits per heavy atom. The summed E-state index contributed by atoms with van der Waals surface area (Å²) >= 11 is 0. The number of hydrogen-bond donors (Lipinski definition) is 1. The van der Waals surface area contributed by atoms with E-state index in [1.807, 2.05) is 12.1 Å². The molecule has 3 rings (SSSR count). The third kappa shape index (κ3) is 4.24. The van der Waals surface area contributed by atoms with Gasteiger partial charge >= 0.3 is 6.18 Å². The predicted octanol–water partition coefficient (Wildman–Crippen LogP) is 4.24. The summed E-state index contributed by atoms with van der Waals surface area (Å²) in [5.41, 5.74) is 0.674. The molecule has 7 heteroatoms. The Morgan fingerprint density at radius 3 is 2.45 bits per heavy atom. The fourth-order valence-electron chi connectivity index (χ4n) is 3.95. The topological polar surface area (TPSA) is 41.6 Å². The van der Waals surface area contributed by atoms with Crippen LogP contribution in [0.2, 0.25) is 0 Å². The smallest absolute Gasteiger partial charge is 0.416 e. The van der Waals surface area contributed by atoms with Gasteiger partial charge in [-0.25, -0.2) is 0 Å². The molecule has 0 spiro atoms. The Balaban J connectivity index is 2.14. The summed E-state index contributed by atoms with van der Waals surface area (Å²) in [6.07, 6.45) is -4.35. The van der Waals surface area contributed by atoms with Gasteiger partial charge in [0, 0.05) is 24.7 Å². The molecule has 29 heavy (non-hydrogen) atoms. The number of ether oxygens (including phenoxy) is 1. The minimum atomic E-state index is -4.49. The van der Waals surface area contributed by atoms with Crippen molar-refractivity contribution >= 4 is 11.6 Å². The molecule has 0 aromatic heterocycles. The number of alkyl halides is 3. The monoisotopic (exact) mass is 406 g/mol. The van der Waals surface area contributed by atoms with Crippen LogP contribution in [0.3, 0.4) is 0 Å². The zero-order chi connectivity index (χ0) is 21.2. The highest BCUT2D eigenvalue weighted by Gasteiger charge is 2.40. The van der Waals surface area contributed by atoms with E-state index in [1.54, 1.807) is 39.3 Å². The first-order valence-corrected chi connectivity index (χ1v) is 9.57. The molecule has 2 atom stereocenters. The number of methoxy groups -OCH3 is 1. The minimum absolute atomic E-state index is 0.139. The number of amides is 1. The molecule has 0 fully saturated rings. The summed E-state index contributed by atoms with van der Waals surface area (Å²) in [5.74, 6) is -0.337. The van der Waals surface area contributed by atoms with Crippen LogP contribution in [0.1, 0.15) is 29.5 Å². The lowest BCUT2D eigenvalue weighted by atomic mass is 9.82. The number of carbonyl (C=O) groups is 1. The Hall–Kier alpha value is -2.54. The average molecular weight is 406 g/mol. The molecule has 0 saturated carbocycles. The van der Waals surface area contributed by atoms with Crippen LogP contribution < -0.4 is 15.0 Å². The second-order valence-corrected chi connectivity index (χ2v) is 7.27. The maximum absolute atomic E-state index is 13.8. The van der Waals surface area contributed by atoms with E-state index in [0.29, 0.717) is 24.5 Å². The Kier molecular flexibility index (Phi) is 6.17. The lowest BCUT2D eigenvalue weighted by Gasteiger charge is -2.26. The first kappa shape index (κ1) is 21.2. The van der Waals surface area contributed by atoms with Gasteiger partial charge in [-0.15, -0.1) is 0 Å². The number of hydrogen-bond acceptors (Lipinski definition) is 3. The van der Waals surface area contributed by atoms with E-state index >= 15 is 0 Å². The summed E-state index contributed by atoms with van der Waals surface area (Å²) in [6, 6.07) is 11.3. The van der Waals surface area contributed by atoms with Crippen LogP contribution in [-0.4, -0.2) is 33.2 Å². The normalized spacial score (nSPS) is 19.7. The van der Waals surface area contributed by atoms with E-state index in [-0.39, 0.29) is 23.8 Å². The van der Waals surface area contributed by atoms with Crippen LogP contribution >= 0.6 is 0 Å². The molecule has 0 aliphatic carbocycles. The van der Waals surface area contributed by atoms with Crippen LogP contribution in [0, 0.1) is 5.92 Å². The zero-order valence-corrected chi connectivity index (χ0v) is 16.7. The van der Waals surface area contributed by atoms with Crippen molar-refractivity contribution in [3.8, 4) is 5.75 Å². The highest BCUT2D eigenvalue weighted by atomic mass is 19.4. The van der Waals surface area contributed by atoms with Crippen LogP contribution in [-0.2, 0) is 17.4 Å². The molecule has 156 valence electrons. The third-order valence-corrected chi connectivity index (χ3v) is 5.56. The Morgan fingerprint density at radius 1 is 1.17 bits per heavy atom. The number of nitrogens with one attached hydrogen (secondary N) is 1. The molecular weight excluding hydrogens is 381 g/mol. The first-order chi connectivity index (χ1) is 13.8. The number of anilines is 1. The SMILES string of the molecule is CNCCN1C(=O)C(C)C(c2ccc(OC)cc2)Cc2c1cccc2C(F)(F)F. The lowest BCUT2D eigenvalue weighted by molar-refractivity contribution is -0.138. The standard InChI is InChI=1S/C22H25F3N2O2/c1-14-17(15-7-9-16(29-3)10-8-15)13-18-19(22(23,24)25)5-4-6-20(18)27(21(14)28)12-11-26-2/h4-10,14,17,26H,11-13H2,1-3H3. The molecule has 1 amide bonds. The summed E-state index contributed by atoms with van der Waals surface area (Å²) in [6.45, 7) is 2.59. The summed E-state index contributed by atoms with van der Waals surface area (Å²) in [4.78, 5) is 14.8. The van der Waals surface area contributed by atoms with Gasteiger partial charge in [0.25, 0.3) is 0 Å². The fourth-order valence-corrected chi connectivity index (χ4v) is 3.95. The first-order valence-electron chi connectivity index (χ1n) is 9.57. The van der Waals surface area contributed by atoms with E-state index in [1.165, 1.54) is 11.0 Å². The van der Waals surface area contributed by atoms with Gasteiger partial charge in [0.05, 0.1) is 12.7 Å². The van der Waals surface area contributed by atoms with Crippen LogP contribution in [0.5, 0.6) is 5.75 Å². The van der Waals surface area contributed by atoms with E-state index in [0.717, 1.165) is 11.6 Å². The number of likely N-dealkylation sites (N-methyl/N-ethyl adjacent to an activating group) is 1. The highest BCUT2D eigenvalue weighted by Crippen LogP contribution is 2.43. The molecule has 0 bridgehead atoms. The Labute approximate surface area is 168 Å². The molecule has 1 N–H and O–H groups in total. The molecule has 4 nitrogen and oxygen atoms in total. The molecule has 2 aromatic carbocycles. The molecule has 0 saturated heterocycles. The number of halogens is 3. The second kappa shape index (κ2) is 8.45. The van der Waals surface area contributed by atoms with E-state index in [4.69, 9.17) is 4.74 Å². The average Bonchev–Trinajstić information content (AvgIpc) is 2.81. The van der Waals surface area contributed by atoms with Crippen molar-refractivity contribution in [3.63, 3.8) is 0 Å². The molecule has 0 radical (unpaired) electrons. The number of fused-ring (bicyclic) bond motifs is 1. The third-order valence-electron chi connectivity index (χ3n) is 5.56. The van der Waals surface area contributed by atoms with Crippen molar-refractivity contribution in [1.82, 2.24) is 5.32 Å². The van der Waals surface area contributed by atoms with Gasteiger partial charge in [-0.3, -0.25) is 4.79 Å². The quantitative estimate of drug-likeness (QED) is 0.808. The van der Waals surface area contributed by atoms with Crippen molar-refractivity contribution in [3.05, 3.63) is 59.2 Å². The van der Waals surface area contributed by atoms with E-state index in [2.05, 4.69) is 5.32 Å². The molecule has 1 aliphatic heterocycles. The second-order valence-electron chi connectivity index (χ2n) is 7.27. The van der Waals surface area contributed by atoms with Gasteiger partial charge in [-0.1, -0.05) is 25.1 Å². The van der Waals surface area contributed by atoms with Gasteiger partial charge in [0.1, 0.15) is 5.75 Å². The van der Waals surface area contributed by atoms with Crippen molar-refractivity contribution < 1.29 is 22.7 Å². The molecule has 1 aliphatic rings. The van der Waals surface area contributed by atoms with Crippen molar-refractivity contribution in [2.24, 2.45) is 5.92 Å². The summed E-state index contributed by atoms with van der Waals surface area (Å²) < 4.78 is 46.5. The Bertz CT molecular complexity index is 865.